The number of amides is 2. The van der Waals surface area contributed by atoms with Crippen molar-refractivity contribution in [1.29, 1.82) is 0 Å². The molecule has 0 bridgehead atoms. The second-order valence-corrected chi connectivity index (χ2v) is 9.14. The van der Waals surface area contributed by atoms with Crippen molar-refractivity contribution in [2.45, 2.75) is 25.7 Å². The summed E-state index contributed by atoms with van der Waals surface area (Å²) < 4.78 is 31.8. The first kappa shape index (κ1) is 23.8. The van der Waals surface area contributed by atoms with Gasteiger partial charge in [-0.05, 0) is 31.2 Å². The smallest absolute Gasteiger partial charge is 0.310 e. The molecule has 1 aliphatic rings. The van der Waals surface area contributed by atoms with Gasteiger partial charge in [0.2, 0.25) is 15.9 Å². The number of piperazine rings is 1. The maximum absolute atomic E-state index is 12.9. The summed E-state index contributed by atoms with van der Waals surface area (Å²) in [6, 6.07) is 5.79. The van der Waals surface area contributed by atoms with E-state index in [0.717, 1.165) is 0 Å². The van der Waals surface area contributed by atoms with Crippen LogP contribution in [0, 0.1) is 5.92 Å². The SMILES string of the molecule is CCN(CC(C)C(=O)OC)C(=O)c1ccc(S(=O)(=O)N2CCN(C(C)=O)CC2)cc1. The predicted octanol–water partition coefficient (Wildman–Crippen LogP) is 0.811. The molecule has 1 aromatic carbocycles. The molecule has 2 rings (SSSR count). The Morgan fingerprint density at radius 3 is 2.13 bits per heavy atom. The van der Waals surface area contributed by atoms with Gasteiger partial charge in [0.1, 0.15) is 0 Å². The highest BCUT2D eigenvalue weighted by Crippen LogP contribution is 2.19. The molecule has 10 heteroatoms. The van der Waals surface area contributed by atoms with Crippen LogP contribution in [0.5, 0.6) is 0 Å². The van der Waals surface area contributed by atoms with Crippen molar-refractivity contribution < 1.29 is 27.5 Å². The van der Waals surface area contributed by atoms with Gasteiger partial charge in [-0.15, -0.1) is 0 Å². The van der Waals surface area contributed by atoms with E-state index in [4.69, 9.17) is 4.74 Å². The molecule has 0 radical (unpaired) electrons. The van der Waals surface area contributed by atoms with Crippen LogP contribution in [0.25, 0.3) is 0 Å². The minimum absolute atomic E-state index is 0.0723. The number of ether oxygens (including phenoxy) is 1. The highest BCUT2D eigenvalue weighted by Gasteiger charge is 2.29. The Hall–Kier alpha value is -2.46. The van der Waals surface area contributed by atoms with E-state index in [9.17, 15) is 22.8 Å². The van der Waals surface area contributed by atoms with Crippen LogP contribution in [0.1, 0.15) is 31.1 Å². The third-order valence-corrected chi connectivity index (χ3v) is 7.10. The molecule has 1 aliphatic heterocycles. The first-order chi connectivity index (χ1) is 14.1. The molecule has 1 heterocycles. The molecule has 1 aromatic rings. The molecule has 9 nitrogen and oxygen atoms in total. The van der Waals surface area contributed by atoms with E-state index in [-0.39, 0.29) is 36.3 Å². The van der Waals surface area contributed by atoms with E-state index in [1.807, 2.05) is 0 Å². The number of carbonyl (C=O) groups is 3. The summed E-state index contributed by atoms with van der Waals surface area (Å²) >= 11 is 0. The maximum Gasteiger partial charge on any atom is 0.310 e. The number of hydrogen-bond donors (Lipinski definition) is 0. The number of rotatable bonds is 7. The average Bonchev–Trinajstić information content (AvgIpc) is 2.76. The van der Waals surface area contributed by atoms with Crippen molar-refractivity contribution in [3.63, 3.8) is 0 Å². The van der Waals surface area contributed by atoms with Crippen LogP contribution < -0.4 is 0 Å². The van der Waals surface area contributed by atoms with Gasteiger partial charge in [0.15, 0.2) is 0 Å². The van der Waals surface area contributed by atoms with Gasteiger partial charge >= 0.3 is 5.97 Å². The average molecular weight is 440 g/mol. The molecule has 1 saturated heterocycles. The van der Waals surface area contributed by atoms with Gasteiger partial charge in [0, 0.05) is 51.8 Å². The largest absolute Gasteiger partial charge is 0.469 e. The second-order valence-electron chi connectivity index (χ2n) is 7.20. The zero-order valence-corrected chi connectivity index (χ0v) is 18.6. The lowest BCUT2D eigenvalue weighted by atomic mass is 10.1. The number of sulfonamides is 1. The number of benzene rings is 1. The summed E-state index contributed by atoms with van der Waals surface area (Å²) in [5.41, 5.74) is 0.342. The van der Waals surface area contributed by atoms with Crippen molar-refractivity contribution in [3.05, 3.63) is 29.8 Å². The first-order valence-electron chi connectivity index (χ1n) is 9.84. The molecule has 1 unspecified atom stereocenters. The molecule has 0 aliphatic carbocycles. The molecule has 2 amide bonds. The predicted molar refractivity (Wildman–Crippen MR) is 110 cm³/mol. The Labute approximate surface area is 177 Å². The molecule has 1 fully saturated rings. The molecular formula is C20H29N3O6S. The van der Waals surface area contributed by atoms with Gasteiger partial charge in [0.25, 0.3) is 5.91 Å². The lowest BCUT2D eigenvalue weighted by Gasteiger charge is -2.33. The monoisotopic (exact) mass is 439 g/mol. The van der Waals surface area contributed by atoms with Crippen molar-refractivity contribution >= 4 is 27.8 Å². The Morgan fingerprint density at radius 2 is 1.67 bits per heavy atom. The minimum atomic E-state index is -3.70. The standard InChI is InChI=1S/C20H29N3O6S/c1-5-21(14-15(2)20(26)29-4)19(25)17-6-8-18(9-7-17)30(27,28)23-12-10-22(11-13-23)16(3)24/h6-9,15H,5,10-14H2,1-4H3. The van der Waals surface area contributed by atoms with Crippen LogP contribution in [0.4, 0.5) is 0 Å². The van der Waals surface area contributed by atoms with E-state index in [1.165, 1.54) is 47.5 Å². The summed E-state index contributed by atoms with van der Waals surface area (Å²) in [6.45, 7) is 6.75. The topological polar surface area (TPSA) is 104 Å². The summed E-state index contributed by atoms with van der Waals surface area (Å²) in [6.07, 6.45) is 0. The van der Waals surface area contributed by atoms with Gasteiger partial charge < -0.3 is 14.5 Å². The number of nitrogens with zero attached hydrogens (tertiary/aromatic N) is 3. The number of carbonyl (C=O) groups excluding carboxylic acids is 3. The summed E-state index contributed by atoms with van der Waals surface area (Å²) in [5, 5.41) is 0. The van der Waals surface area contributed by atoms with E-state index in [2.05, 4.69) is 0 Å². The Balaban J connectivity index is 2.10. The molecule has 0 saturated carbocycles. The molecule has 0 aromatic heterocycles. The summed E-state index contributed by atoms with van der Waals surface area (Å²) in [5.74, 6) is -1.22. The van der Waals surface area contributed by atoms with Crippen LogP contribution in [-0.4, -0.2) is 86.7 Å². The third kappa shape index (κ3) is 5.37. The highest BCUT2D eigenvalue weighted by atomic mass is 32.2. The van der Waals surface area contributed by atoms with Crippen LogP contribution in [0.2, 0.25) is 0 Å². The van der Waals surface area contributed by atoms with Crippen molar-refractivity contribution in [3.8, 4) is 0 Å². The number of methoxy groups -OCH3 is 1. The Bertz CT molecular complexity index is 876. The van der Waals surface area contributed by atoms with Crippen LogP contribution in [0.3, 0.4) is 0 Å². The van der Waals surface area contributed by atoms with Crippen molar-refractivity contribution in [2.24, 2.45) is 5.92 Å². The second kappa shape index (κ2) is 10.0. The Kier molecular flexibility index (Phi) is 7.96. The highest BCUT2D eigenvalue weighted by molar-refractivity contribution is 7.89. The summed E-state index contributed by atoms with van der Waals surface area (Å²) in [7, 11) is -2.40. The molecule has 166 valence electrons. The summed E-state index contributed by atoms with van der Waals surface area (Å²) in [4.78, 5) is 39.0. The molecule has 0 spiro atoms. The van der Waals surface area contributed by atoms with Crippen molar-refractivity contribution in [1.82, 2.24) is 14.1 Å². The van der Waals surface area contributed by atoms with Crippen LogP contribution in [-0.2, 0) is 24.3 Å². The quantitative estimate of drug-likeness (QED) is 0.583. The number of esters is 1. The van der Waals surface area contributed by atoms with Gasteiger partial charge in [-0.1, -0.05) is 6.92 Å². The van der Waals surface area contributed by atoms with Gasteiger partial charge in [-0.2, -0.15) is 4.31 Å². The van der Waals surface area contributed by atoms with Crippen LogP contribution in [0.15, 0.2) is 29.2 Å². The molecule has 0 N–H and O–H groups in total. The zero-order chi connectivity index (χ0) is 22.5. The maximum atomic E-state index is 12.9. The Morgan fingerprint density at radius 1 is 1.10 bits per heavy atom. The lowest BCUT2D eigenvalue weighted by Crippen LogP contribution is -2.49. The van der Waals surface area contributed by atoms with Gasteiger partial charge in [-0.3, -0.25) is 14.4 Å². The van der Waals surface area contributed by atoms with Crippen molar-refractivity contribution in [2.75, 3.05) is 46.4 Å². The van der Waals surface area contributed by atoms with Gasteiger partial charge in [-0.25, -0.2) is 8.42 Å². The lowest BCUT2D eigenvalue weighted by molar-refractivity contribution is -0.145. The van der Waals surface area contributed by atoms with E-state index >= 15 is 0 Å². The van der Waals surface area contributed by atoms with Gasteiger partial charge in [0.05, 0.1) is 17.9 Å². The first-order valence-corrected chi connectivity index (χ1v) is 11.3. The van der Waals surface area contributed by atoms with E-state index < -0.39 is 21.9 Å². The fourth-order valence-corrected chi connectivity index (χ4v) is 4.73. The molecule has 1 atom stereocenters. The fourth-order valence-electron chi connectivity index (χ4n) is 3.31. The molecular weight excluding hydrogens is 410 g/mol. The third-order valence-electron chi connectivity index (χ3n) is 5.19. The molecule has 30 heavy (non-hydrogen) atoms. The zero-order valence-electron chi connectivity index (χ0n) is 17.8. The van der Waals surface area contributed by atoms with Crippen LogP contribution >= 0.6 is 0 Å². The number of hydrogen-bond acceptors (Lipinski definition) is 6. The normalized spacial score (nSPS) is 16.1. The van der Waals surface area contributed by atoms with E-state index in [0.29, 0.717) is 25.2 Å². The van der Waals surface area contributed by atoms with E-state index in [1.54, 1.807) is 18.7 Å². The fraction of sp³-hybridized carbons (Fsp3) is 0.550. The minimum Gasteiger partial charge on any atom is -0.469 e.